The number of methoxy groups -OCH3 is 2. The van der Waals surface area contributed by atoms with Gasteiger partial charge in [-0.2, -0.15) is 0 Å². The first-order valence-corrected chi connectivity index (χ1v) is 14.1. The van der Waals surface area contributed by atoms with Crippen LogP contribution in [-0.4, -0.2) is 41.1 Å². The number of aromatic nitrogens is 2. The summed E-state index contributed by atoms with van der Waals surface area (Å²) in [6.07, 6.45) is 4.54. The van der Waals surface area contributed by atoms with Gasteiger partial charge in [-0.15, -0.1) is 0 Å². The van der Waals surface area contributed by atoms with E-state index in [2.05, 4.69) is 6.92 Å². The molecule has 4 rings (SSSR count). The number of carbonyl (C=O) groups excluding carboxylic acids is 1. The zero-order valence-electron chi connectivity index (χ0n) is 23.5. The summed E-state index contributed by atoms with van der Waals surface area (Å²) in [5.41, 5.74) is 1.49. The van der Waals surface area contributed by atoms with Gasteiger partial charge in [0.1, 0.15) is 17.3 Å². The van der Waals surface area contributed by atoms with Crippen molar-refractivity contribution in [3.8, 4) is 17.2 Å². The molecule has 0 spiro atoms. The number of unbranched alkanes of at least 4 members (excludes halogenated alkanes) is 3. The highest BCUT2D eigenvalue weighted by atomic mass is 35.5. The topological polar surface area (TPSA) is 73.7 Å². The van der Waals surface area contributed by atoms with E-state index in [1.54, 1.807) is 67.3 Å². The molecule has 210 valence electrons. The molecule has 0 saturated carbocycles. The van der Waals surface area contributed by atoms with Crippen molar-refractivity contribution in [3.05, 3.63) is 93.5 Å². The van der Waals surface area contributed by atoms with Gasteiger partial charge in [0, 0.05) is 23.2 Å². The molecule has 0 saturated heterocycles. The summed E-state index contributed by atoms with van der Waals surface area (Å²) in [5, 5.41) is 1.08. The van der Waals surface area contributed by atoms with Crippen molar-refractivity contribution < 1.29 is 14.3 Å². The van der Waals surface area contributed by atoms with Crippen molar-refractivity contribution in [1.29, 1.82) is 0 Å². The van der Waals surface area contributed by atoms with Crippen LogP contribution in [0.5, 0.6) is 11.5 Å². The Morgan fingerprint density at radius 3 is 2.25 bits per heavy atom. The molecule has 1 atom stereocenters. The van der Waals surface area contributed by atoms with Gasteiger partial charge in [-0.25, -0.2) is 4.98 Å². The minimum Gasteiger partial charge on any atom is -0.497 e. The number of fused-ring (bicyclic) bond motifs is 1. The molecule has 0 aliphatic carbocycles. The van der Waals surface area contributed by atoms with Crippen LogP contribution in [0.25, 0.3) is 16.6 Å². The van der Waals surface area contributed by atoms with Crippen LogP contribution in [0, 0.1) is 0 Å². The van der Waals surface area contributed by atoms with E-state index >= 15 is 0 Å². The van der Waals surface area contributed by atoms with Gasteiger partial charge in [-0.1, -0.05) is 56.8 Å². The Hall–Kier alpha value is -3.84. The van der Waals surface area contributed by atoms with Gasteiger partial charge >= 0.3 is 0 Å². The third kappa shape index (κ3) is 6.31. The van der Waals surface area contributed by atoms with Crippen LogP contribution in [0.2, 0.25) is 5.02 Å². The zero-order chi connectivity index (χ0) is 28.6. The molecule has 8 heteroatoms. The molecule has 0 N–H and O–H groups in total. The summed E-state index contributed by atoms with van der Waals surface area (Å²) >= 11 is 6.18. The predicted octanol–water partition coefficient (Wildman–Crippen LogP) is 7.23. The van der Waals surface area contributed by atoms with Crippen LogP contribution in [0.1, 0.15) is 68.2 Å². The van der Waals surface area contributed by atoms with Crippen LogP contribution < -0.4 is 15.0 Å². The fourth-order valence-electron chi connectivity index (χ4n) is 4.96. The standard InChI is InChI=1S/C32H36ClN3O4/c1-5-7-8-11-18-35(31(37)22-19-25(39-3)21-26(20-22)40-4)29(6-2)30-34-28-13-10-9-12-27(28)32(38)36(30)24-16-14-23(33)15-17-24/h9-10,12-17,19-21,29H,5-8,11,18H2,1-4H3. The highest BCUT2D eigenvalue weighted by molar-refractivity contribution is 6.30. The second-order valence-electron chi connectivity index (χ2n) is 9.69. The number of hydrogen-bond donors (Lipinski definition) is 0. The van der Waals surface area contributed by atoms with Crippen molar-refractivity contribution in [3.63, 3.8) is 0 Å². The molecular formula is C32H36ClN3O4. The molecule has 1 amide bonds. The van der Waals surface area contributed by atoms with Crippen LogP contribution in [0.4, 0.5) is 0 Å². The van der Waals surface area contributed by atoms with Crippen molar-refractivity contribution in [2.24, 2.45) is 0 Å². The quantitative estimate of drug-likeness (QED) is 0.171. The number of ether oxygens (including phenoxy) is 2. The maximum absolute atomic E-state index is 14.2. The lowest BCUT2D eigenvalue weighted by molar-refractivity contribution is 0.0654. The lowest BCUT2D eigenvalue weighted by Gasteiger charge is -2.33. The molecule has 0 fully saturated rings. The fourth-order valence-corrected chi connectivity index (χ4v) is 5.09. The number of rotatable bonds is 12. The molecule has 0 bridgehead atoms. The largest absolute Gasteiger partial charge is 0.497 e. The summed E-state index contributed by atoms with van der Waals surface area (Å²) in [6.45, 7) is 4.68. The predicted molar refractivity (Wildman–Crippen MR) is 160 cm³/mol. The number of halogens is 1. The van der Waals surface area contributed by atoms with E-state index in [-0.39, 0.29) is 11.5 Å². The van der Waals surface area contributed by atoms with Gasteiger partial charge in [0.25, 0.3) is 11.5 Å². The van der Waals surface area contributed by atoms with E-state index in [0.29, 0.717) is 57.5 Å². The molecule has 3 aromatic carbocycles. The number of nitrogens with zero attached hydrogens (tertiary/aromatic N) is 3. The van der Waals surface area contributed by atoms with Gasteiger partial charge in [-0.05, 0) is 61.4 Å². The molecule has 7 nitrogen and oxygen atoms in total. The minimum atomic E-state index is -0.473. The molecule has 0 radical (unpaired) electrons. The van der Waals surface area contributed by atoms with Gasteiger partial charge in [-0.3, -0.25) is 14.2 Å². The maximum atomic E-state index is 14.2. The van der Waals surface area contributed by atoms with E-state index in [1.165, 1.54) is 0 Å². The van der Waals surface area contributed by atoms with Gasteiger partial charge in [0.15, 0.2) is 0 Å². The van der Waals surface area contributed by atoms with E-state index in [0.717, 1.165) is 25.7 Å². The average molecular weight is 562 g/mol. The first-order chi connectivity index (χ1) is 19.4. The monoisotopic (exact) mass is 561 g/mol. The number of para-hydroxylation sites is 1. The molecule has 40 heavy (non-hydrogen) atoms. The smallest absolute Gasteiger partial charge is 0.266 e. The van der Waals surface area contributed by atoms with E-state index in [4.69, 9.17) is 26.1 Å². The second-order valence-corrected chi connectivity index (χ2v) is 10.1. The van der Waals surface area contributed by atoms with Crippen LogP contribution in [0.3, 0.4) is 0 Å². The summed E-state index contributed by atoms with van der Waals surface area (Å²) in [7, 11) is 3.12. The van der Waals surface area contributed by atoms with Gasteiger partial charge < -0.3 is 14.4 Å². The first kappa shape index (κ1) is 29.2. The van der Waals surface area contributed by atoms with Gasteiger partial charge in [0.05, 0.1) is 36.9 Å². The highest BCUT2D eigenvalue weighted by Gasteiger charge is 2.30. The lowest BCUT2D eigenvalue weighted by atomic mass is 10.1. The molecule has 0 aliphatic rings. The summed E-state index contributed by atoms with van der Waals surface area (Å²) in [5.74, 6) is 1.39. The summed E-state index contributed by atoms with van der Waals surface area (Å²) in [6, 6.07) is 19.1. The van der Waals surface area contributed by atoms with Crippen molar-refractivity contribution >= 4 is 28.4 Å². The van der Waals surface area contributed by atoms with Crippen molar-refractivity contribution in [2.45, 2.75) is 52.0 Å². The van der Waals surface area contributed by atoms with E-state index in [1.807, 2.05) is 30.0 Å². The average Bonchev–Trinajstić information content (AvgIpc) is 2.98. The third-order valence-electron chi connectivity index (χ3n) is 7.06. The Balaban J connectivity index is 1.90. The van der Waals surface area contributed by atoms with Crippen LogP contribution in [-0.2, 0) is 0 Å². The SMILES string of the molecule is CCCCCCN(C(=O)c1cc(OC)cc(OC)c1)C(CC)c1nc2ccccc2c(=O)n1-c1ccc(Cl)cc1. The van der Waals surface area contributed by atoms with Crippen molar-refractivity contribution in [2.75, 3.05) is 20.8 Å². The van der Waals surface area contributed by atoms with Crippen molar-refractivity contribution in [1.82, 2.24) is 14.5 Å². The number of amides is 1. The maximum Gasteiger partial charge on any atom is 0.266 e. The summed E-state index contributed by atoms with van der Waals surface area (Å²) < 4.78 is 12.5. The highest BCUT2D eigenvalue weighted by Crippen LogP contribution is 2.30. The van der Waals surface area contributed by atoms with E-state index < -0.39 is 6.04 Å². The second kappa shape index (κ2) is 13.5. The fraction of sp³-hybridized carbons (Fsp3) is 0.344. The molecule has 4 aromatic rings. The van der Waals surface area contributed by atoms with Crippen LogP contribution >= 0.6 is 11.6 Å². The van der Waals surface area contributed by atoms with E-state index in [9.17, 15) is 9.59 Å². The Labute approximate surface area is 240 Å². The molecule has 1 aromatic heterocycles. The Bertz CT molecular complexity index is 1500. The lowest BCUT2D eigenvalue weighted by Crippen LogP contribution is -2.39. The number of benzene rings is 3. The van der Waals surface area contributed by atoms with Gasteiger partial charge in [0.2, 0.25) is 0 Å². The number of hydrogen-bond acceptors (Lipinski definition) is 5. The molecular weight excluding hydrogens is 526 g/mol. The molecule has 1 heterocycles. The Morgan fingerprint density at radius 1 is 0.950 bits per heavy atom. The summed E-state index contributed by atoms with van der Waals surface area (Å²) in [4.78, 5) is 35.0. The number of carbonyl (C=O) groups is 1. The van der Waals surface area contributed by atoms with Crippen LogP contribution in [0.15, 0.2) is 71.5 Å². The normalized spacial score (nSPS) is 11.8. The molecule has 0 aliphatic heterocycles. The third-order valence-corrected chi connectivity index (χ3v) is 7.31. The molecule has 1 unspecified atom stereocenters. The Morgan fingerprint density at radius 2 is 1.62 bits per heavy atom. The first-order valence-electron chi connectivity index (χ1n) is 13.7. The minimum absolute atomic E-state index is 0.175. The zero-order valence-corrected chi connectivity index (χ0v) is 24.3. The Kier molecular flexibility index (Phi) is 9.83.